The maximum atomic E-state index is 6.38. The number of hydrogen-bond donors (Lipinski definition) is 2. The summed E-state index contributed by atoms with van der Waals surface area (Å²) in [5.41, 5.74) is 3.50. The number of nitrogens with zero attached hydrogens (tertiary/aromatic N) is 1. The molecule has 4 rings (SSSR count). The molecule has 2 unspecified atom stereocenters. The first-order valence-corrected chi connectivity index (χ1v) is 9.68. The number of rotatable bonds is 6. The van der Waals surface area contributed by atoms with E-state index in [1.54, 1.807) is 7.11 Å². The molecule has 1 fully saturated rings. The molecule has 1 aliphatic carbocycles. The van der Waals surface area contributed by atoms with Crippen LogP contribution in [0.5, 0.6) is 11.5 Å². The number of ether oxygens (including phenoxy) is 2. The van der Waals surface area contributed by atoms with Gasteiger partial charge in [-0.2, -0.15) is 5.10 Å². The molecule has 1 aliphatic rings. The van der Waals surface area contributed by atoms with Crippen molar-refractivity contribution in [2.75, 3.05) is 7.11 Å². The summed E-state index contributed by atoms with van der Waals surface area (Å²) in [6, 6.07) is 12.9. The number of methoxy groups -OCH3 is 1. The third-order valence-corrected chi connectivity index (χ3v) is 5.52. The Balaban J connectivity index is 1.35. The zero-order valence-electron chi connectivity index (χ0n) is 16.0. The van der Waals surface area contributed by atoms with Gasteiger partial charge in [0.25, 0.3) is 0 Å². The van der Waals surface area contributed by atoms with E-state index in [2.05, 4.69) is 40.6 Å². The molecule has 0 amide bonds. The molecule has 5 heteroatoms. The van der Waals surface area contributed by atoms with Gasteiger partial charge in [-0.25, -0.2) is 0 Å². The van der Waals surface area contributed by atoms with Crippen LogP contribution in [0.25, 0.3) is 10.9 Å². The van der Waals surface area contributed by atoms with Gasteiger partial charge < -0.3 is 14.8 Å². The fourth-order valence-electron chi connectivity index (χ4n) is 3.89. The van der Waals surface area contributed by atoms with Crippen LogP contribution in [0.2, 0.25) is 0 Å². The highest BCUT2D eigenvalue weighted by atomic mass is 16.5. The number of hydrogen-bond acceptors (Lipinski definition) is 4. The van der Waals surface area contributed by atoms with E-state index in [1.807, 2.05) is 24.4 Å². The standard InChI is InChI=1S/C22H27N3O2/c1-15-20-14-24-25-21(20)10-11-22(15)27-19-5-3-4-17(12-19)23-13-16-6-8-18(26-2)9-7-16/h6-11,14,17,19,23H,3-5,12-13H2,1-2H3,(H,24,25). The van der Waals surface area contributed by atoms with Crippen molar-refractivity contribution in [2.45, 2.75) is 51.3 Å². The van der Waals surface area contributed by atoms with Crippen LogP contribution < -0.4 is 14.8 Å². The minimum atomic E-state index is 0.259. The lowest BCUT2D eigenvalue weighted by molar-refractivity contribution is 0.133. The second-order valence-electron chi connectivity index (χ2n) is 7.35. The van der Waals surface area contributed by atoms with Gasteiger partial charge in [0.2, 0.25) is 0 Å². The zero-order chi connectivity index (χ0) is 18.6. The van der Waals surface area contributed by atoms with E-state index in [1.165, 1.54) is 18.4 Å². The summed E-state index contributed by atoms with van der Waals surface area (Å²) < 4.78 is 11.6. The monoisotopic (exact) mass is 365 g/mol. The number of aryl methyl sites for hydroxylation is 1. The van der Waals surface area contributed by atoms with Crippen molar-refractivity contribution in [3.63, 3.8) is 0 Å². The SMILES string of the molecule is COc1ccc(CNC2CCCC(Oc3ccc4[nH]ncc4c3C)C2)cc1. The molecule has 5 nitrogen and oxygen atoms in total. The van der Waals surface area contributed by atoms with Crippen molar-refractivity contribution in [1.82, 2.24) is 15.5 Å². The minimum Gasteiger partial charge on any atom is -0.497 e. The average Bonchev–Trinajstić information content (AvgIpc) is 3.19. The molecule has 1 heterocycles. The number of aromatic amines is 1. The van der Waals surface area contributed by atoms with Gasteiger partial charge in [0.1, 0.15) is 17.6 Å². The third-order valence-electron chi connectivity index (χ3n) is 5.52. The van der Waals surface area contributed by atoms with Crippen molar-refractivity contribution in [1.29, 1.82) is 0 Å². The number of H-pyrrole nitrogens is 1. The van der Waals surface area contributed by atoms with Gasteiger partial charge in [-0.3, -0.25) is 5.10 Å². The van der Waals surface area contributed by atoms with Crippen molar-refractivity contribution in [3.05, 3.63) is 53.7 Å². The third kappa shape index (κ3) is 4.08. The Morgan fingerprint density at radius 3 is 2.81 bits per heavy atom. The summed E-state index contributed by atoms with van der Waals surface area (Å²) in [5.74, 6) is 1.87. The molecule has 0 spiro atoms. The average molecular weight is 365 g/mol. The summed E-state index contributed by atoms with van der Waals surface area (Å²) in [7, 11) is 1.70. The zero-order valence-corrected chi connectivity index (χ0v) is 16.0. The normalized spacial score (nSPS) is 19.9. The van der Waals surface area contributed by atoms with Crippen LogP contribution in [-0.4, -0.2) is 29.5 Å². The fraction of sp³-hybridized carbons (Fsp3) is 0.409. The molecule has 0 radical (unpaired) electrons. The maximum Gasteiger partial charge on any atom is 0.123 e. The first-order chi connectivity index (χ1) is 13.2. The molecule has 1 aromatic heterocycles. The van der Waals surface area contributed by atoms with E-state index in [9.17, 15) is 0 Å². The van der Waals surface area contributed by atoms with Crippen molar-refractivity contribution in [2.24, 2.45) is 0 Å². The van der Waals surface area contributed by atoms with E-state index < -0.39 is 0 Å². The van der Waals surface area contributed by atoms with Gasteiger partial charge in [0, 0.05) is 23.5 Å². The highest BCUT2D eigenvalue weighted by molar-refractivity contribution is 5.83. The van der Waals surface area contributed by atoms with Crippen molar-refractivity contribution in [3.8, 4) is 11.5 Å². The first kappa shape index (κ1) is 17.9. The Kier molecular flexibility index (Phi) is 5.30. The summed E-state index contributed by atoms with van der Waals surface area (Å²) in [6.07, 6.45) is 6.68. The Bertz CT molecular complexity index is 888. The largest absolute Gasteiger partial charge is 0.497 e. The quantitative estimate of drug-likeness (QED) is 0.681. The second-order valence-corrected chi connectivity index (χ2v) is 7.35. The summed E-state index contributed by atoms with van der Waals surface area (Å²) >= 11 is 0. The van der Waals surface area contributed by atoms with Gasteiger partial charge in [-0.05, 0) is 62.4 Å². The lowest BCUT2D eigenvalue weighted by Gasteiger charge is -2.31. The summed E-state index contributed by atoms with van der Waals surface area (Å²) in [5, 5.41) is 12.0. The maximum absolute atomic E-state index is 6.38. The van der Waals surface area contributed by atoms with Gasteiger partial charge in [0.15, 0.2) is 0 Å². The molecular formula is C22H27N3O2. The van der Waals surface area contributed by atoms with Gasteiger partial charge in [0.05, 0.1) is 18.8 Å². The lowest BCUT2D eigenvalue weighted by atomic mass is 9.92. The van der Waals surface area contributed by atoms with Crippen LogP contribution in [0, 0.1) is 6.92 Å². The van der Waals surface area contributed by atoms with E-state index in [-0.39, 0.29) is 6.10 Å². The summed E-state index contributed by atoms with van der Waals surface area (Å²) in [4.78, 5) is 0. The molecule has 3 aromatic rings. The Labute approximate surface area is 160 Å². The number of benzene rings is 2. The molecular weight excluding hydrogens is 338 g/mol. The highest BCUT2D eigenvalue weighted by Crippen LogP contribution is 2.30. The smallest absolute Gasteiger partial charge is 0.123 e. The van der Waals surface area contributed by atoms with Crippen LogP contribution in [0.1, 0.15) is 36.8 Å². The van der Waals surface area contributed by atoms with E-state index in [4.69, 9.17) is 9.47 Å². The second kappa shape index (κ2) is 8.01. The highest BCUT2D eigenvalue weighted by Gasteiger charge is 2.23. The minimum absolute atomic E-state index is 0.259. The van der Waals surface area contributed by atoms with Crippen molar-refractivity contribution < 1.29 is 9.47 Å². The molecule has 0 aliphatic heterocycles. The Morgan fingerprint density at radius 2 is 2.00 bits per heavy atom. The van der Waals surface area contributed by atoms with Crippen LogP contribution in [0.3, 0.4) is 0 Å². The van der Waals surface area contributed by atoms with Crippen LogP contribution in [-0.2, 0) is 6.54 Å². The van der Waals surface area contributed by atoms with Crippen molar-refractivity contribution >= 4 is 10.9 Å². The Hall–Kier alpha value is -2.53. The number of fused-ring (bicyclic) bond motifs is 1. The molecule has 27 heavy (non-hydrogen) atoms. The van der Waals surface area contributed by atoms with Gasteiger partial charge in [-0.1, -0.05) is 12.1 Å². The van der Waals surface area contributed by atoms with Crippen LogP contribution in [0.4, 0.5) is 0 Å². The van der Waals surface area contributed by atoms with Gasteiger partial charge in [-0.15, -0.1) is 0 Å². The predicted octanol–water partition coefficient (Wildman–Crippen LogP) is 4.36. The molecule has 0 bridgehead atoms. The topological polar surface area (TPSA) is 59.2 Å². The Morgan fingerprint density at radius 1 is 1.15 bits per heavy atom. The van der Waals surface area contributed by atoms with E-state index >= 15 is 0 Å². The van der Waals surface area contributed by atoms with Crippen LogP contribution in [0.15, 0.2) is 42.6 Å². The van der Waals surface area contributed by atoms with Gasteiger partial charge >= 0.3 is 0 Å². The van der Waals surface area contributed by atoms with E-state index in [0.717, 1.165) is 47.4 Å². The fourth-order valence-corrected chi connectivity index (χ4v) is 3.89. The first-order valence-electron chi connectivity index (χ1n) is 9.68. The molecule has 142 valence electrons. The summed E-state index contributed by atoms with van der Waals surface area (Å²) in [6.45, 7) is 2.98. The lowest BCUT2D eigenvalue weighted by Crippen LogP contribution is -2.37. The number of nitrogens with one attached hydrogen (secondary N) is 2. The molecule has 0 saturated heterocycles. The molecule has 1 saturated carbocycles. The predicted molar refractivity (Wildman–Crippen MR) is 107 cm³/mol. The van der Waals surface area contributed by atoms with Crippen LogP contribution >= 0.6 is 0 Å². The molecule has 2 N–H and O–H groups in total. The molecule has 2 atom stereocenters. The molecule has 2 aromatic carbocycles. The number of aromatic nitrogens is 2. The van der Waals surface area contributed by atoms with E-state index in [0.29, 0.717) is 6.04 Å².